The van der Waals surface area contributed by atoms with Crippen molar-refractivity contribution in [2.75, 3.05) is 12.4 Å². The fourth-order valence-corrected chi connectivity index (χ4v) is 3.11. The van der Waals surface area contributed by atoms with Crippen molar-refractivity contribution >= 4 is 23.2 Å². The molecule has 1 amide bonds. The Balaban J connectivity index is 1.64. The van der Waals surface area contributed by atoms with Crippen LogP contribution in [0.25, 0.3) is 11.3 Å². The summed E-state index contributed by atoms with van der Waals surface area (Å²) in [6, 6.07) is 12.9. The number of methoxy groups -OCH3 is 1. The molecule has 0 aliphatic heterocycles. The number of anilines is 1. The number of ether oxygens (including phenoxy) is 1. The summed E-state index contributed by atoms with van der Waals surface area (Å²) in [5, 5.41) is 6.70. The molecule has 0 aliphatic rings. The monoisotopic (exact) mass is 465 g/mol. The molecule has 1 heterocycles. The van der Waals surface area contributed by atoms with E-state index in [0.717, 1.165) is 23.8 Å². The zero-order valence-electron chi connectivity index (χ0n) is 16.9. The fraction of sp³-hybridized carbons (Fsp3) is 0.227. The molecule has 0 radical (unpaired) electrons. The van der Waals surface area contributed by atoms with Gasteiger partial charge in [0.05, 0.1) is 29.1 Å². The molecule has 1 aromatic heterocycles. The lowest BCUT2D eigenvalue weighted by Crippen LogP contribution is -2.23. The van der Waals surface area contributed by atoms with Crippen molar-refractivity contribution in [3.63, 3.8) is 0 Å². The molecule has 2 aromatic carbocycles. The van der Waals surface area contributed by atoms with E-state index in [9.17, 15) is 22.8 Å². The van der Waals surface area contributed by atoms with Gasteiger partial charge in [-0.15, -0.1) is 0 Å². The maximum absolute atomic E-state index is 12.9. The van der Waals surface area contributed by atoms with E-state index in [1.54, 1.807) is 31.4 Å². The second-order valence-corrected chi connectivity index (χ2v) is 7.26. The van der Waals surface area contributed by atoms with Gasteiger partial charge in [-0.2, -0.15) is 18.3 Å². The third-order valence-electron chi connectivity index (χ3n) is 4.57. The highest BCUT2D eigenvalue weighted by molar-refractivity contribution is 6.33. The molecule has 0 unspecified atom stereocenters. The zero-order chi connectivity index (χ0) is 23.3. The predicted molar refractivity (Wildman–Crippen MR) is 115 cm³/mol. The maximum atomic E-state index is 12.9. The molecular weight excluding hydrogens is 447 g/mol. The number of hydrogen-bond acceptors (Lipinski definition) is 4. The number of carbonyl (C=O) groups is 1. The molecule has 3 aromatic rings. The Morgan fingerprint density at radius 3 is 2.66 bits per heavy atom. The fourth-order valence-electron chi connectivity index (χ4n) is 2.94. The number of aryl methyl sites for hydroxylation is 1. The van der Waals surface area contributed by atoms with E-state index in [1.165, 1.54) is 10.7 Å². The number of rotatable bonds is 7. The molecular formula is C22H19ClF3N3O3. The van der Waals surface area contributed by atoms with Crippen molar-refractivity contribution < 1.29 is 22.7 Å². The molecule has 0 aliphatic carbocycles. The number of alkyl halides is 3. The highest BCUT2D eigenvalue weighted by atomic mass is 35.5. The minimum Gasteiger partial charge on any atom is -0.497 e. The third kappa shape index (κ3) is 5.88. The first-order valence-electron chi connectivity index (χ1n) is 9.56. The van der Waals surface area contributed by atoms with Gasteiger partial charge in [0.15, 0.2) is 0 Å². The van der Waals surface area contributed by atoms with E-state index in [0.29, 0.717) is 11.4 Å². The Bertz CT molecular complexity index is 1180. The first kappa shape index (κ1) is 23.3. The predicted octanol–water partition coefficient (Wildman–Crippen LogP) is 5.01. The highest BCUT2D eigenvalue weighted by Gasteiger charge is 2.31. The average molecular weight is 466 g/mol. The summed E-state index contributed by atoms with van der Waals surface area (Å²) in [6.07, 6.45) is -4.34. The number of hydrogen-bond donors (Lipinski definition) is 1. The van der Waals surface area contributed by atoms with Crippen molar-refractivity contribution in [1.82, 2.24) is 9.78 Å². The first-order valence-corrected chi connectivity index (χ1v) is 9.94. The normalized spacial score (nSPS) is 11.3. The maximum Gasteiger partial charge on any atom is 0.416 e. The summed E-state index contributed by atoms with van der Waals surface area (Å²) in [6.45, 7) is 0.153. The number of halogens is 4. The van der Waals surface area contributed by atoms with Gasteiger partial charge in [0.2, 0.25) is 5.91 Å². The minimum atomic E-state index is -4.55. The van der Waals surface area contributed by atoms with Crippen LogP contribution in [-0.2, 0) is 17.5 Å². The van der Waals surface area contributed by atoms with Gasteiger partial charge in [-0.3, -0.25) is 9.59 Å². The van der Waals surface area contributed by atoms with Gasteiger partial charge in [0, 0.05) is 24.6 Å². The molecule has 0 saturated carbocycles. The SMILES string of the molecule is COc1cccc(-c2ccc(=O)n(CCCC(=O)Nc3cc(C(F)(F)F)ccc3Cl)n2)c1. The summed E-state index contributed by atoms with van der Waals surface area (Å²) >= 11 is 5.89. The van der Waals surface area contributed by atoms with Gasteiger partial charge >= 0.3 is 6.18 Å². The van der Waals surface area contributed by atoms with E-state index < -0.39 is 17.6 Å². The van der Waals surface area contributed by atoms with Crippen molar-refractivity contribution in [2.45, 2.75) is 25.6 Å². The Labute approximate surface area is 186 Å². The standard InChI is InChI=1S/C22H19ClF3N3O3/c1-32-16-5-2-4-14(12-16)18-9-10-21(31)29(28-18)11-3-6-20(30)27-19-13-15(22(24,25)26)7-8-17(19)23/h2,4-5,7-10,12-13H,3,6,11H2,1H3,(H,27,30). The van der Waals surface area contributed by atoms with Crippen molar-refractivity contribution in [3.8, 4) is 17.0 Å². The summed E-state index contributed by atoms with van der Waals surface area (Å²) in [4.78, 5) is 24.3. The van der Waals surface area contributed by atoms with Crippen LogP contribution < -0.4 is 15.6 Å². The lowest BCUT2D eigenvalue weighted by Gasteiger charge is -2.12. The Kier molecular flexibility index (Phi) is 7.19. The van der Waals surface area contributed by atoms with Crippen LogP contribution in [0.5, 0.6) is 5.75 Å². The molecule has 0 spiro atoms. The lowest BCUT2D eigenvalue weighted by atomic mass is 10.1. The van der Waals surface area contributed by atoms with E-state index in [4.69, 9.17) is 16.3 Å². The Morgan fingerprint density at radius 1 is 1.16 bits per heavy atom. The zero-order valence-corrected chi connectivity index (χ0v) is 17.7. The first-order chi connectivity index (χ1) is 15.2. The van der Waals surface area contributed by atoms with E-state index >= 15 is 0 Å². The Morgan fingerprint density at radius 2 is 1.94 bits per heavy atom. The molecule has 0 fully saturated rings. The lowest BCUT2D eigenvalue weighted by molar-refractivity contribution is -0.137. The smallest absolute Gasteiger partial charge is 0.416 e. The molecule has 0 bridgehead atoms. The number of carbonyl (C=O) groups excluding carboxylic acids is 1. The number of aromatic nitrogens is 2. The van der Waals surface area contributed by atoms with Crippen molar-refractivity contribution in [2.24, 2.45) is 0 Å². The van der Waals surface area contributed by atoms with Gasteiger partial charge in [0.25, 0.3) is 5.56 Å². The van der Waals surface area contributed by atoms with E-state index in [-0.39, 0.29) is 35.7 Å². The van der Waals surface area contributed by atoms with Crippen LogP contribution in [0.4, 0.5) is 18.9 Å². The van der Waals surface area contributed by atoms with Crippen LogP contribution in [0.2, 0.25) is 5.02 Å². The van der Waals surface area contributed by atoms with Crippen LogP contribution in [0.3, 0.4) is 0 Å². The summed E-state index contributed by atoms with van der Waals surface area (Å²) in [5.41, 5.74) is -0.0548. The topological polar surface area (TPSA) is 73.2 Å². The van der Waals surface area contributed by atoms with Crippen molar-refractivity contribution in [3.05, 3.63) is 75.5 Å². The molecule has 0 saturated heterocycles. The van der Waals surface area contributed by atoms with Crippen molar-refractivity contribution in [1.29, 1.82) is 0 Å². The summed E-state index contributed by atoms with van der Waals surface area (Å²) in [5.74, 6) is 0.121. The van der Waals surface area contributed by atoms with Crippen LogP contribution in [0.15, 0.2) is 59.4 Å². The molecule has 10 heteroatoms. The second-order valence-electron chi connectivity index (χ2n) is 6.86. The number of benzene rings is 2. The number of nitrogens with one attached hydrogen (secondary N) is 1. The minimum absolute atomic E-state index is 0.00442. The molecule has 0 atom stereocenters. The van der Waals surface area contributed by atoms with Gasteiger partial charge in [-0.05, 0) is 42.8 Å². The quantitative estimate of drug-likeness (QED) is 0.532. The summed E-state index contributed by atoms with van der Waals surface area (Å²) in [7, 11) is 1.55. The summed E-state index contributed by atoms with van der Waals surface area (Å²) < 4.78 is 45.0. The number of nitrogens with zero attached hydrogens (tertiary/aromatic N) is 2. The molecule has 168 valence electrons. The van der Waals surface area contributed by atoms with Crippen LogP contribution in [0.1, 0.15) is 18.4 Å². The van der Waals surface area contributed by atoms with Gasteiger partial charge < -0.3 is 10.1 Å². The third-order valence-corrected chi connectivity index (χ3v) is 4.90. The van der Waals surface area contributed by atoms with Crippen LogP contribution in [-0.4, -0.2) is 22.8 Å². The van der Waals surface area contributed by atoms with Gasteiger partial charge in [0.1, 0.15) is 5.75 Å². The largest absolute Gasteiger partial charge is 0.497 e. The molecule has 32 heavy (non-hydrogen) atoms. The van der Waals surface area contributed by atoms with E-state index in [2.05, 4.69) is 10.4 Å². The Hall–Kier alpha value is -3.33. The van der Waals surface area contributed by atoms with Crippen LogP contribution >= 0.6 is 11.6 Å². The molecule has 6 nitrogen and oxygen atoms in total. The van der Waals surface area contributed by atoms with Crippen LogP contribution in [0, 0.1) is 0 Å². The van der Waals surface area contributed by atoms with Gasteiger partial charge in [-0.1, -0.05) is 23.7 Å². The second kappa shape index (κ2) is 9.86. The van der Waals surface area contributed by atoms with E-state index in [1.807, 2.05) is 6.07 Å². The number of amides is 1. The molecule has 1 N–H and O–H groups in total. The molecule has 3 rings (SSSR count). The highest BCUT2D eigenvalue weighted by Crippen LogP contribution is 2.33. The van der Waals surface area contributed by atoms with Gasteiger partial charge in [-0.25, -0.2) is 4.68 Å². The average Bonchev–Trinajstić information content (AvgIpc) is 2.76.